The van der Waals surface area contributed by atoms with E-state index in [2.05, 4.69) is 9.97 Å². The Morgan fingerprint density at radius 2 is 2.11 bits per heavy atom. The van der Waals surface area contributed by atoms with Crippen LogP contribution in [0, 0.1) is 6.92 Å². The molecule has 1 fully saturated rings. The normalized spacial score (nSPS) is 31.2. The molecule has 1 saturated heterocycles. The highest BCUT2D eigenvalue weighted by Crippen LogP contribution is 2.32. The van der Waals surface area contributed by atoms with Gasteiger partial charge in [-0.2, -0.15) is 0 Å². The van der Waals surface area contributed by atoms with Crippen molar-refractivity contribution in [1.82, 2.24) is 14.5 Å². The highest BCUT2D eigenvalue weighted by molar-refractivity contribution is 5.78. The van der Waals surface area contributed by atoms with Gasteiger partial charge in [0.1, 0.15) is 30.3 Å². The van der Waals surface area contributed by atoms with Crippen LogP contribution >= 0.6 is 0 Å². The van der Waals surface area contributed by atoms with Crippen LogP contribution in [-0.2, 0) is 4.74 Å². The maximum absolute atomic E-state index is 10.0. The SMILES string of the molecule is Cc1ncnc2c1ccn2[C@@H]1O[C@H](CO)C(O)[C@@H]1O. The smallest absolute Gasteiger partial charge is 0.164 e. The van der Waals surface area contributed by atoms with E-state index in [1.54, 1.807) is 10.8 Å². The van der Waals surface area contributed by atoms with E-state index in [9.17, 15) is 10.2 Å². The molecule has 1 aliphatic heterocycles. The Morgan fingerprint density at radius 3 is 2.79 bits per heavy atom. The van der Waals surface area contributed by atoms with Gasteiger partial charge in [0.15, 0.2) is 6.23 Å². The number of hydrogen-bond donors (Lipinski definition) is 3. The Labute approximate surface area is 109 Å². The molecule has 3 heterocycles. The van der Waals surface area contributed by atoms with Crippen LogP contribution in [0.15, 0.2) is 18.6 Å². The van der Waals surface area contributed by atoms with Crippen molar-refractivity contribution in [2.45, 2.75) is 31.5 Å². The lowest BCUT2D eigenvalue weighted by atomic mass is 10.1. The van der Waals surface area contributed by atoms with Crippen molar-refractivity contribution in [3.05, 3.63) is 24.3 Å². The molecule has 2 aromatic heterocycles. The third-order valence-electron chi connectivity index (χ3n) is 3.50. The van der Waals surface area contributed by atoms with Gasteiger partial charge in [0.25, 0.3) is 0 Å². The minimum Gasteiger partial charge on any atom is -0.394 e. The summed E-state index contributed by atoms with van der Waals surface area (Å²) in [6.45, 7) is 1.52. The molecule has 0 aromatic carbocycles. The third-order valence-corrected chi connectivity index (χ3v) is 3.50. The summed E-state index contributed by atoms with van der Waals surface area (Å²) >= 11 is 0. The molecule has 3 N–H and O–H groups in total. The predicted octanol–water partition coefficient (Wildman–Crippen LogP) is -0.649. The summed E-state index contributed by atoms with van der Waals surface area (Å²) in [5.74, 6) is 0. The average Bonchev–Trinajstić information content (AvgIpc) is 2.94. The second kappa shape index (κ2) is 4.53. The van der Waals surface area contributed by atoms with Crippen molar-refractivity contribution >= 4 is 11.0 Å². The van der Waals surface area contributed by atoms with Crippen molar-refractivity contribution in [3.63, 3.8) is 0 Å². The van der Waals surface area contributed by atoms with E-state index in [1.165, 1.54) is 6.33 Å². The van der Waals surface area contributed by atoms with Crippen LogP contribution in [-0.4, -0.2) is 54.8 Å². The maximum Gasteiger partial charge on any atom is 0.164 e. The Hall–Kier alpha value is -1.54. The molecule has 1 unspecified atom stereocenters. The standard InChI is InChI=1S/C12H15N3O4/c1-6-7-2-3-15(11(7)14-5-13-6)12-10(18)9(17)8(4-16)19-12/h2-3,5,8-10,12,16-18H,4H2,1H3/t8-,9?,10+,12-/m1/s1. The highest BCUT2D eigenvalue weighted by Gasteiger charge is 2.43. The van der Waals surface area contributed by atoms with Crippen LogP contribution in [0.3, 0.4) is 0 Å². The van der Waals surface area contributed by atoms with Crippen molar-refractivity contribution in [2.75, 3.05) is 6.61 Å². The fourth-order valence-corrected chi connectivity index (χ4v) is 2.41. The van der Waals surface area contributed by atoms with Crippen molar-refractivity contribution in [2.24, 2.45) is 0 Å². The van der Waals surface area contributed by atoms with E-state index >= 15 is 0 Å². The Morgan fingerprint density at radius 1 is 1.32 bits per heavy atom. The molecule has 7 heteroatoms. The van der Waals surface area contributed by atoms with Gasteiger partial charge in [-0.25, -0.2) is 9.97 Å². The van der Waals surface area contributed by atoms with Crippen LogP contribution in [0.5, 0.6) is 0 Å². The Kier molecular flexibility index (Phi) is 2.98. The van der Waals surface area contributed by atoms with Gasteiger partial charge in [0.2, 0.25) is 0 Å². The summed E-state index contributed by atoms with van der Waals surface area (Å²) in [6.07, 6.45) is -0.611. The number of nitrogens with zero attached hydrogens (tertiary/aromatic N) is 3. The predicted molar refractivity (Wildman–Crippen MR) is 65.3 cm³/mol. The summed E-state index contributed by atoms with van der Waals surface area (Å²) in [4.78, 5) is 8.27. The maximum atomic E-state index is 10.0. The fourth-order valence-electron chi connectivity index (χ4n) is 2.41. The quantitative estimate of drug-likeness (QED) is 0.667. The molecular weight excluding hydrogens is 250 g/mol. The fraction of sp³-hybridized carbons (Fsp3) is 0.500. The Balaban J connectivity index is 2.04. The van der Waals surface area contributed by atoms with E-state index in [0.717, 1.165) is 11.1 Å². The molecule has 0 saturated carbocycles. The van der Waals surface area contributed by atoms with Gasteiger partial charge in [-0.1, -0.05) is 0 Å². The molecule has 2 aromatic rings. The van der Waals surface area contributed by atoms with E-state index in [4.69, 9.17) is 9.84 Å². The van der Waals surface area contributed by atoms with E-state index in [1.807, 2.05) is 13.0 Å². The first kappa shape index (κ1) is 12.5. The van der Waals surface area contributed by atoms with E-state index in [-0.39, 0.29) is 6.61 Å². The van der Waals surface area contributed by atoms with Gasteiger partial charge in [-0.15, -0.1) is 0 Å². The van der Waals surface area contributed by atoms with E-state index in [0.29, 0.717) is 5.65 Å². The summed E-state index contributed by atoms with van der Waals surface area (Å²) in [7, 11) is 0. The molecule has 0 amide bonds. The molecule has 19 heavy (non-hydrogen) atoms. The van der Waals surface area contributed by atoms with Crippen LogP contribution in [0.2, 0.25) is 0 Å². The lowest BCUT2D eigenvalue weighted by Gasteiger charge is -2.17. The first-order valence-electron chi connectivity index (χ1n) is 6.04. The summed E-state index contributed by atoms with van der Waals surface area (Å²) < 4.78 is 7.13. The van der Waals surface area contributed by atoms with Crippen molar-refractivity contribution < 1.29 is 20.1 Å². The van der Waals surface area contributed by atoms with Gasteiger partial charge >= 0.3 is 0 Å². The monoisotopic (exact) mass is 265 g/mol. The molecule has 4 atom stereocenters. The van der Waals surface area contributed by atoms with Gasteiger partial charge in [-0.05, 0) is 13.0 Å². The number of aryl methyl sites for hydroxylation is 1. The number of aliphatic hydroxyl groups is 3. The molecule has 0 spiro atoms. The lowest BCUT2D eigenvalue weighted by molar-refractivity contribution is -0.0508. The van der Waals surface area contributed by atoms with Crippen LogP contribution in [0.4, 0.5) is 0 Å². The minimum atomic E-state index is -1.12. The number of hydrogen-bond acceptors (Lipinski definition) is 6. The first-order valence-corrected chi connectivity index (χ1v) is 6.04. The number of aromatic nitrogens is 3. The summed E-state index contributed by atoms with van der Waals surface area (Å²) in [5.41, 5.74) is 1.46. The topological polar surface area (TPSA) is 101 Å². The van der Waals surface area contributed by atoms with Gasteiger partial charge in [0.05, 0.1) is 12.3 Å². The summed E-state index contributed by atoms with van der Waals surface area (Å²) in [5, 5.41) is 29.7. The molecule has 7 nitrogen and oxygen atoms in total. The van der Waals surface area contributed by atoms with Crippen LogP contribution in [0.1, 0.15) is 11.9 Å². The molecule has 0 radical (unpaired) electrons. The molecule has 3 rings (SSSR count). The average molecular weight is 265 g/mol. The lowest BCUT2D eigenvalue weighted by Crippen LogP contribution is -2.33. The number of rotatable bonds is 2. The number of ether oxygens (including phenoxy) is 1. The van der Waals surface area contributed by atoms with Gasteiger partial charge in [0, 0.05) is 11.6 Å². The number of fused-ring (bicyclic) bond motifs is 1. The zero-order valence-corrected chi connectivity index (χ0v) is 10.3. The second-order valence-corrected chi connectivity index (χ2v) is 4.65. The highest BCUT2D eigenvalue weighted by atomic mass is 16.6. The largest absolute Gasteiger partial charge is 0.394 e. The Bertz CT molecular complexity index is 600. The van der Waals surface area contributed by atoms with Gasteiger partial charge < -0.3 is 24.6 Å². The van der Waals surface area contributed by atoms with Gasteiger partial charge in [-0.3, -0.25) is 0 Å². The molecular formula is C12H15N3O4. The molecule has 0 bridgehead atoms. The zero-order valence-electron chi connectivity index (χ0n) is 10.3. The molecule has 1 aliphatic rings. The van der Waals surface area contributed by atoms with Crippen LogP contribution in [0.25, 0.3) is 11.0 Å². The second-order valence-electron chi connectivity index (χ2n) is 4.65. The summed E-state index contributed by atoms with van der Waals surface area (Å²) in [6, 6.07) is 1.83. The molecule has 102 valence electrons. The first-order chi connectivity index (χ1) is 9.13. The van der Waals surface area contributed by atoms with Crippen molar-refractivity contribution in [1.29, 1.82) is 0 Å². The zero-order chi connectivity index (χ0) is 13.6. The number of aliphatic hydroxyl groups excluding tert-OH is 3. The molecule has 0 aliphatic carbocycles. The van der Waals surface area contributed by atoms with Crippen molar-refractivity contribution in [3.8, 4) is 0 Å². The third kappa shape index (κ3) is 1.82. The van der Waals surface area contributed by atoms with Crippen LogP contribution < -0.4 is 0 Å². The van der Waals surface area contributed by atoms with E-state index < -0.39 is 24.5 Å². The minimum absolute atomic E-state index is 0.345.